The average Bonchev–Trinajstić information content (AvgIpc) is 3.21. The van der Waals surface area contributed by atoms with Crippen molar-refractivity contribution >= 4 is 17.2 Å². The van der Waals surface area contributed by atoms with Crippen molar-refractivity contribution in [2.24, 2.45) is 0 Å². The van der Waals surface area contributed by atoms with Crippen LogP contribution >= 0.6 is 0 Å². The second-order valence-electron chi connectivity index (χ2n) is 8.66. The fraction of sp³-hybridized carbons (Fsp3) is 0.292. The van der Waals surface area contributed by atoms with Gasteiger partial charge in [-0.3, -0.25) is 14.8 Å². The zero-order chi connectivity index (χ0) is 22.0. The van der Waals surface area contributed by atoms with E-state index in [9.17, 15) is 4.79 Å². The molecule has 0 aliphatic heterocycles. The Balaban J connectivity index is 1.53. The highest BCUT2D eigenvalue weighted by Crippen LogP contribution is 2.23. The lowest BCUT2D eigenvalue weighted by atomic mass is 9.86. The van der Waals surface area contributed by atoms with Gasteiger partial charge in [-0.15, -0.1) is 0 Å². The summed E-state index contributed by atoms with van der Waals surface area (Å²) in [7, 11) is 0. The van der Waals surface area contributed by atoms with E-state index >= 15 is 0 Å². The summed E-state index contributed by atoms with van der Waals surface area (Å²) in [6.07, 6.45) is 5.39. The second-order valence-corrected chi connectivity index (χ2v) is 8.66. The molecule has 0 bridgehead atoms. The first kappa shape index (κ1) is 20.7. The summed E-state index contributed by atoms with van der Waals surface area (Å²) < 4.78 is 1.72. The van der Waals surface area contributed by atoms with Crippen LogP contribution < -0.4 is 5.32 Å². The van der Waals surface area contributed by atoms with Crippen molar-refractivity contribution in [3.63, 3.8) is 0 Å². The van der Waals surface area contributed by atoms with Crippen LogP contribution in [0.5, 0.6) is 0 Å². The summed E-state index contributed by atoms with van der Waals surface area (Å²) in [5.41, 5.74) is 5.01. The first-order valence-electron chi connectivity index (χ1n) is 10.3. The lowest BCUT2D eigenvalue weighted by molar-refractivity contribution is 0.0992. The van der Waals surface area contributed by atoms with E-state index in [-0.39, 0.29) is 17.6 Å². The molecule has 158 valence electrons. The van der Waals surface area contributed by atoms with E-state index in [0.29, 0.717) is 23.4 Å². The lowest BCUT2D eigenvalue weighted by Crippen LogP contribution is -2.12. The fourth-order valence-corrected chi connectivity index (χ4v) is 3.30. The van der Waals surface area contributed by atoms with Crippen molar-refractivity contribution in [1.29, 1.82) is 0 Å². The Hall–Kier alpha value is -3.61. The van der Waals surface area contributed by atoms with Crippen LogP contribution in [0.15, 0.2) is 55.0 Å². The van der Waals surface area contributed by atoms with Gasteiger partial charge in [0.05, 0.1) is 42.4 Å². The minimum absolute atomic E-state index is 0.0344. The van der Waals surface area contributed by atoms with Gasteiger partial charge in [-0.05, 0) is 17.9 Å². The standard InChI is InChI=1S/C24H26N6O/c1-16-13-26-20(14-25-16)15-27-23-12-19(29-22-9-10-28-30(22)23)11-21(31)17-5-7-18(8-6-17)24(2,3)4/h5-10,12-14,27H,11,15H2,1-4H3. The van der Waals surface area contributed by atoms with Gasteiger partial charge >= 0.3 is 0 Å². The zero-order valence-electron chi connectivity index (χ0n) is 18.3. The van der Waals surface area contributed by atoms with Gasteiger partial charge in [-0.1, -0.05) is 45.0 Å². The molecular formula is C24H26N6O. The van der Waals surface area contributed by atoms with Gasteiger partial charge in [0.15, 0.2) is 11.4 Å². The molecule has 4 aromatic rings. The number of benzene rings is 1. The third-order valence-corrected chi connectivity index (χ3v) is 5.11. The van der Waals surface area contributed by atoms with Gasteiger partial charge in [-0.25, -0.2) is 4.98 Å². The van der Waals surface area contributed by atoms with Crippen LogP contribution in [0.3, 0.4) is 0 Å². The third-order valence-electron chi connectivity index (χ3n) is 5.11. The van der Waals surface area contributed by atoms with Gasteiger partial charge in [0.2, 0.25) is 0 Å². The number of fused-ring (bicyclic) bond motifs is 1. The number of nitrogens with one attached hydrogen (secondary N) is 1. The summed E-state index contributed by atoms with van der Waals surface area (Å²) in [6.45, 7) is 8.87. The van der Waals surface area contributed by atoms with Crippen molar-refractivity contribution in [2.45, 2.75) is 46.1 Å². The van der Waals surface area contributed by atoms with Crippen LogP contribution in [0.25, 0.3) is 5.65 Å². The Labute approximate surface area is 181 Å². The van der Waals surface area contributed by atoms with Crippen molar-refractivity contribution in [2.75, 3.05) is 5.32 Å². The minimum atomic E-state index is 0.0344. The van der Waals surface area contributed by atoms with Crippen molar-refractivity contribution < 1.29 is 4.79 Å². The molecular weight excluding hydrogens is 388 g/mol. The average molecular weight is 415 g/mol. The van der Waals surface area contributed by atoms with Gasteiger partial charge in [0.1, 0.15) is 5.82 Å². The highest BCUT2D eigenvalue weighted by molar-refractivity contribution is 5.97. The molecule has 4 rings (SSSR count). The number of carbonyl (C=O) groups is 1. The van der Waals surface area contributed by atoms with Crippen molar-refractivity contribution in [1.82, 2.24) is 24.6 Å². The Bertz CT molecular complexity index is 1200. The number of nitrogens with zero attached hydrogens (tertiary/aromatic N) is 5. The molecule has 0 amide bonds. The lowest BCUT2D eigenvalue weighted by Gasteiger charge is -2.19. The van der Waals surface area contributed by atoms with Crippen LogP contribution in [-0.2, 0) is 18.4 Å². The molecule has 0 saturated carbocycles. The minimum Gasteiger partial charge on any atom is -0.364 e. The molecule has 7 heteroatoms. The molecule has 0 spiro atoms. The molecule has 31 heavy (non-hydrogen) atoms. The number of hydrogen-bond donors (Lipinski definition) is 1. The number of aryl methyl sites for hydroxylation is 1. The van der Waals surface area contributed by atoms with E-state index in [0.717, 1.165) is 17.2 Å². The SMILES string of the molecule is Cc1cnc(CNc2cc(CC(=O)c3ccc(C(C)(C)C)cc3)nc3ccnn23)cn1. The topological polar surface area (TPSA) is 85.1 Å². The van der Waals surface area contributed by atoms with Crippen molar-refractivity contribution in [3.8, 4) is 0 Å². The number of carbonyl (C=O) groups excluding carboxylic acids is 1. The number of Topliss-reactive ketones (excluding diaryl/α,β-unsaturated/α-hetero) is 1. The molecule has 3 heterocycles. The Morgan fingerprint density at radius 1 is 1.03 bits per heavy atom. The monoisotopic (exact) mass is 414 g/mol. The van der Waals surface area contributed by atoms with Gasteiger partial charge < -0.3 is 5.32 Å². The molecule has 0 fully saturated rings. The molecule has 1 aromatic carbocycles. The predicted molar refractivity (Wildman–Crippen MR) is 120 cm³/mol. The molecule has 0 aliphatic carbocycles. The molecule has 0 radical (unpaired) electrons. The smallest absolute Gasteiger partial charge is 0.168 e. The largest absolute Gasteiger partial charge is 0.364 e. The highest BCUT2D eigenvalue weighted by atomic mass is 16.1. The summed E-state index contributed by atoms with van der Waals surface area (Å²) in [5, 5.41) is 7.66. The van der Waals surface area contributed by atoms with Crippen LogP contribution in [0.1, 0.15) is 53.8 Å². The van der Waals surface area contributed by atoms with Crippen LogP contribution in [0, 0.1) is 6.92 Å². The number of hydrogen-bond acceptors (Lipinski definition) is 6. The normalized spacial score (nSPS) is 11.6. The molecule has 0 saturated heterocycles. The Kier molecular flexibility index (Phi) is 5.50. The molecule has 0 unspecified atom stereocenters. The van der Waals surface area contributed by atoms with E-state index in [1.165, 1.54) is 5.56 Å². The van der Waals surface area contributed by atoms with Crippen LogP contribution in [0.2, 0.25) is 0 Å². The highest BCUT2D eigenvalue weighted by Gasteiger charge is 2.16. The molecule has 3 aromatic heterocycles. The number of rotatable bonds is 6. The molecule has 0 aliphatic rings. The first-order chi connectivity index (χ1) is 14.8. The van der Waals surface area contributed by atoms with Crippen LogP contribution in [0.4, 0.5) is 5.82 Å². The quantitative estimate of drug-likeness (QED) is 0.477. The Morgan fingerprint density at radius 3 is 2.48 bits per heavy atom. The summed E-state index contributed by atoms with van der Waals surface area (Å²) in [4.78, 5) is 26.1. The Morgan fingerprint density at radius 2 is 1.81 bits per heavy atom. The number of anilines is 1. The predicted octanol–water partition coefficient (Wildman–Crippen LogP) is 4.16. The van der Waals surface area contributed by atoms with E-state index in [2.05, 4.69) is 46.1 Å². The third kappa shape index (κ3) is 4.77. The fourth-order valence-electron chi connectivity index (χ4n) is 3.30. The van der Waals surface area contributed by atoms with Gasteiger partial charge in [-0.2, -0.15) is 9.61 Å². The van der Waals surface area contributed by atoms with E-state index < -0.39 is 0 Å². The molecule has 7 nitrogen and oxygen atoms in total. The maximum atomic E-state index is 12.9. The zero-order valence-corrected chi connectivity index (χ0v) is 18.3. The first-order valence-corrected chi connectivity index (χ1v) is 10.3. The summed E-state index contributed by atoms with van der Waals surface area (Å²) >= 11 is 0. The van der Waals surface area contributed by atoms with E-state index in [1.807, 2.05) is 43.3 Å². The second kappa shape index (κ2) is 8.26. The number of aromatic nitrogens is 5. The molecule has 1 N–H and O–H groups in total. The van der Waals surface area contributed by atoms with E-state index in [4.69, 9.17) is 0 Å². The maximum Gasteiger partial charge on any atom is 0.168 e. The van der Waals surface area contributed by atoms with Gasteiger partial charge in [0, 0.05) is 23.9 Å². The van der Waals surface area contributed by atoms with Crippen molar-refractivity contribution in [3.05, 3.63) is 83.2 Å². The molecule has 0 atom stereocenters. The summed E-state index contributed by atoms with van der Waals surface area (Å²) in [5.74, 6) is 0.787. The van der Waals surface area contributed by atoms with Crippen LogP contribution in [-0.4, -0.2) is 30.3 Å². The maximum absolute atomic E-state index is 12.9. The van der Waals surface area contributed by atoms with Gasteiger partial charge in [0.25, 0.3) is 0 Å². The van der Waals surface area contributed by atoms with E-state index in [1.54, 1.807) is 23.1 Å². The summed E-state index contributed by atoms with van der Waals surface area (Å²) in [6, 6.07) is 11.5. The number of ketones is 1.